The molecule has 5 nitrogen and oxygen atoms in total. The number of hydrogen-bond acceptors (Lipinski definition) is 5. The van der Waals surface area contributed by atoms with Gasteiger partial charge in [-0.25, -0.2) is 0 Å². The van der Waals surface area contributed by atoms with Gasteiger partial charge in [0.1, 0.15) is 6.10 Å². The summed E-state index contributed by atoms with van der Waals surface area (Å²) in [6.07, 6.45) is 1.82. The molecule has 86 valence electrons. The van der Waals surface area contributed by atoms with Gasteiger partial charge < -0.3 is 14.6 Å². The molecule has 1 N–H and O–H groups in total. The summed E-state index contributed by atoms with van der Waals surface area (Å²) in [7, 11) is 0. The Morgan fingerprint density at radius 1 is 1.40 bits per heavy atom. The summed E-state index contributed by atoms with van der Waals surface area (Å²) in [5.41, 5.74) is 0. The lowest BCUT2D eigenvalue weighted by Crippen LogP contribution is -2.05. The molecule has 1 aromatic rings. The van der Waals surface area contributed by atoms with Crippen LogP contribution in [0.25, 0.3) is 0 Å². The standard InChI is InChI=1S/C10H19N3O2/c1-4-7-11-10-12-9(13-15-10)8(5-2)14-6-3/h8H,4-7H2,1-3H3,(H,11,12,13). The van der Waals surface area contributed by atoms with E-state index >= 15 is 0 Å². The maximum atomic E-state index is 5.48. The Kier molecular flexibility index (Phi) is 5.10. The molecule has 1 unspecified atom stereocenters. The van der Waals surface area contributed by atoms with Gasteiger partial charge in [0, 0.05) is 13.2 Å². The monoisotopic (exact) mass is 213 g/mol. The second-order valence-corrected chi connectivity index (χ2v) is 3.24. The van der Waals surface area contributed by atoms with Crippen molar-refractivity contribution in [3.05, 3.63) is 5.82 Å². The lowest BCUT2D eigenvalue weighted by molar-refractivity contribution is 0.0518. The Hall–Kier alpha value is -1.10. The average molecular weight is 213 g/mol. The number of hydrogen-bond donors (Lipinski definition) is 1. The van der Waals surface area contributed by atoms with Crippen molar-refractivity contribution >= 4 is 6.01 Å². The highest BCUT2D eigenvalue weighted by molar-refractivity contribution is 5.18. The minimum Gasteiger partial charge on any atom is -0.370 e. The first kappa shape index (κ1) is 12.0. The van der Waals surface area contributed by atoms with E-state index in [1.807, 2.05) is 13.8 Å². The van der Waals surface area contributed by atoms with Gasteiger partial charge in [0.15, 0.2) is 0 Å². The third kappa shape index (κ3) is 3.51. The van der Waals surface area contributed by atoms with Crippen molar-refractivity contribution < 1.29 is 9.26 Å². The molecule has 1 rings (SSSR count). The molecule has 0 fully saturated rings. The number of nitrogens with one attached hydrogen (secondary N) is 1. The van der Waals surface area contributed by atoms with Gasteiger partial charge in [-0.1, -0.05) is 19.0 Å². The number of rotatable bonds is 7. The number of anilines is 1. The van der Waals surface area contributed by atoms with Gasteiger partial charge >= 0.3 is 6.01 Å². The van der Waals surface area contributed by atoms with E-state index in [1.165, 1.54) is 0 Å². The SMILES string of the molecule is CCCNc1nc(C(CC)OCC)no1. The minimum atomic E-state index is -0.0593. The predicted molar refractivity (Wildman–Crippen MR) is 57.7 cm³/mol. The highest BCUT2D eigenvalue weighted by Gasteiger charge is 2.16. The van der Waals surface area contributed by atoms with Crippen molar-refractivity contribution in [3.63, 3.8) is 0 Å². The Balaban J connectivity index is 2.56. The van der Waals surface area contributed by atoms with E-state index in [0.29, 0.717) is 18.4 Å². The molecular formula is C10H19N3O2. The molecule has 0 bridgehead atoms. The molecule has 0 amide bonds. The van der Waals surface area contributed by atoms with Crippen LogP contribution in [0.1, 0.15) is 45.5 Å². The first-order valence-corrected chi connectivity index (χ1v) is 5.50. The summed E-state index contributed by atoms with van der Waals surface area (Å²) >= 11 is 0. The van der Waals surface area contributed by atoms with Crippen LogP contribution in [0.4, 0.5) is 6.01 Å². The summed E-state index contributed by atoms with van der Waals surface area (Å²) in [5.74, 6) is 0.623. The number of nitrogens with zero attached hydrogens (tertiary/aromatic N) is 2. The van der Waals surface area contributed by atoms with Gasteiger partial charge in [-0.2, -0.15) is 4.98 Å². The quantitative estimate of drug-likeness (QED) is 0.753. The average Bonchev–Trinajstić information content (AvgIpc) is 2.71. The van der Waals surface area contributed by atoms with Crippen LogP contribution in [-0.2, 0) is 4.74 Å². The van der Waals surface area contributed by atoms with Gasteiger partial charge in [-0.05, 0) is 19.8 Å². The van der Waals surface area contributed by atoms with Crippen molar-refractivity contribution in [1.29, 1.82) is 0 Å². The smallest absolute Gasteiger partial charge is 0.321 e. The third-order valence-corrected chi connectivity index (χ3v) is 1.99. The molecule has 1 aromatic heterocycles. The molecule has 0 spiro atoms. The van der Waals surface area contributed by atoms with Crippen LogP contribution < -0.4 is 5.32 Å². The Morgan fingerprint density at radius 3 is 2.80 bits per heavy atom. The second kappa shape index (κ2) is 6.40. The lowest BCUT2D eigenvalue weighted by Gasteiger charge is -2.09. The number of aromatic nitrogens is 2. The highest BCUT2D eigenvalue weighted by atomic mass is 16.5. The molecule has 0 aliphatic heterocycles. The van der Waals surface area contributed by atoms with Crippen molar-refractivity contribution in [3.8, 4) is 0 Å². The third-order valence-electron chi connectivity index (χ3n) is 1.99. The fourth-order valence-corrected chi connectivity index (χ4v) is 1.25. The largest absolute Gasteiger partial charge is 0.370 e. The normalized spacial score (nSPS) is 12.7. The fourth-order valence-electron chi connectivity index (χ4n) is 1.25. The van der Waals surface area contributed by atoms with E-state index in [1.54, 1.807) is 0 Å². The van der Waals surface area contributed by atoms with E-state index < -0.39 is 0 Å². The zero-order valence-corrected chi connectivity index (χ0v) is 9.62. The molecule has 5 heteroatoms. The van der Waals surface area contributed by atoms with E-state index in [2.05, 4.69) is 22.4 Å². The summed E-state index contributed by atoms with van der Waals surface area (Å²) in [5, 5.41) is 6.93. The first-order valence-electron chi connectivity index (χ1n) is 5.50. The van der Waals surface area contributed by atoms with Crippen molar-refractivity contribution in [2.24, 2.45) is 0 Å². The van der Waals surface area contributed by atoms with E-state index in [0.717, 1.165) is 19.4 Å². The van der Waals surface area contributed by atoms with E-state index in [9.17, 15) is 0 Å². The fraction of sp³-hybridized carbons (Fsp3) is 0.800. The minimum absolute atomic E-state index is 0.0593. The van der Waals surface area contributed by atoms with Crippen LogP contribution in [0.5, 0.6) is 0 Å². The van der Waals surface area contributed by atoms with Crippen LogP contribution in [0.2, 0.25) is 0 Å². The molecule has 15 heavy (non-hydrogen) atoms. The molecule has 1 atom stereocenters. The van der Waals surface area contributed by atoms with Gasteiger partial charge in [-0.15, -0.1) is 0 Å². The molecule has 0 aliphatic carbocycles. The number of ether oxygens (including phenoxy) is 1. The van der Waals surface area contributed by atoms with Crippen LogP contribution >= 0.6 is 0 Å². The summed E-state index contributed by atoms with van der Waals surface area (Å²) in [6.45, 7) is 7.58. The van der Waals surface area contributed by atoms with Crippen molar-refractivity contribution in [1.82, 2.24) is 10.1 Å². The molecular weight excluding hydrogens is 194 g/mol. The molecule has 0 saturated carbocycles. The van der Waals surface area contributed by atoms with E-state index in [4.69, 9.17) is 9.26 Å². The first-order chi connectivity index (χ1) is 7.31. The highest BCUT2D eigenvalue weighted by Crippen LogP contribution is 2.18. The lowest BCUT2D eigenvalue weighted by atomic mass is 10.2. The Labute approximate surface area is 90.2 Å². The second-order valence-electron chi connectivity index (χ2n) is 3.24. The molecule has 0 aromatic carbocycles. The summed E-state index contributed by atoms with van der Waals surface area (Å²) in [4.78, 5) is 4.22. The van der Waals surface area contributed by atoms with Crippen molar-refractivity contribution in [2.75, 3.05) is 18.5 Å². The molecule has 0 radical (unpaired) electrons. The van der Waals surface area contributed by atoms with Gasteiger partial charge in [0.05, 0.1) is 0 Å². The predicted octanol–water partition coefficient (Wildman–Crippen LogP) is 2.38. The van der Waals surface area contributed by atoms with Gasteiger partial charge in [0.2, 0.25) is 5.82 Å². The summed E-state index contributed by atoms with van der Waals surface area (Å²) in [6, 6.07) is 0.477. The Bertz CT molecular complexity index is 275. The van der Waals surface area contributed by atoms with Gasteiger partial charge in [0.25, 0.3) is 0 Å². The van der Waals surface area contributed by atoms with Crippen molar-refractivity contribution in [2.45, 2.75) is 39.7 Å². The van der Waals surface area contributed by atoms with Gasteiger partial charge in [-0.3, -0.25) is 0 Å². The maximum Gasteiger partial charge on any atom is 0.321 e. The van der Waals surface area contributed by atoms with Crippen LogP contribution in [0.15, 0.2) is 4.52 Å². The molecule has 1 heterocycles. The summed E-state index contributed by atoms with van der Waals surface area (Å²) < 4.78 is 10.5. The van der Waals surface area contributed by atoms with Crippen LogP contribution in [0.3, 0.4) is 0 Å². The topological polar surface area (TPSA) is 60.2 Å². The zero-order chi connectivity index (χ0) is 11.1. The maximum absolute atomic E-state index is 5.48. The van der Waals surface area contributed by atoms with E-state index in [-0.39, 0.29) is 6.10 Å². The Morgan fingerprint density at radius 2 is 2.20 bits per heavy atom. The van der Waals surface area contributed by atoms with Crippen LogP contribution in [-0.4, -0.2) is 23.3 Å². The molecule has 0 saturated heterocycles. The molecule has 0 aliphatic rings. The van der Waals surface area contributed by atoms with Crippen LogP contribution in [0, 0.1) is 0 Å². The zero-order valence-electron chi connectivity index (χ0n) is 9.62.